The molecule has 120 valence electrons. The van der Waals surface area contributed by atoms with Crippen LogP contribution in [0.3, 0.4) is 0 Å². The van der Waals surface area contributed by atoms with Crippen molar-refractivity contribution in [2.45, 2.75) is 18.8 Å². The predicted molar refractivity (Wildman–Crippen MR) is 87.0 cm³/mol. The molecule has 2 aromatic heterocycles. The summed E-state index contributed by atoms with van der Waals surface area (Å²) in [5.41, 5.74) is 1.19. The quantitative estimate of drug-likeness (QED) is 0.847. The molecule has 1 aliphatic heterocycles. The summed E-state index contributed by atoms with van der Waals surface area (Å²) in [5, 5.41) is 0. The van der Waals surface area contributed by atoms with Crippen molar-refractivity contribution in [3.05, 3.63) is 30.5 Å². The van der Waals surface area contributed by atoms with Gasteiger partial charge < -0.3 is 14.5 Å². The summed E-state index contributed by atoms with van der Waals surface area (Å²) in [6.45, 7) is 3.66. The van der Waals surface area contributed by atoms with Crippen LogP contribution in [-0.2, 0) is 0 Å². The van der Waals surface area contributed by atoms with Gasteiger partial charge in [0.05, 0.1) is 7.11 Å². The molecule has 0 amide bonds. The third-order valence-electron chi connectivity index (χ3n) is 4.43. The number of nitrogens with zero attached hydrogens (tertiary/aromatic N) is 6. The van der Waals surface area contributed by atoms with Gasteiger partial charge in [0.1, 0.15) is 24.3 Å². The molecule has 7 nitrogen and oxygen atoms in total. The van der Waals surface area contributed by atoms with Gasteiger partial charge in [-0.15, -0.1) is 0 Å². The molecule has 0 spiro atoms. The van der Waals surface area contributed by atoms with Crippen LogP contribution in [0.15, 0.2) is 24.8 Å². The van der Waals surface area contributed by atoms with E-state index in [1.54, 1.807) is 19.8 Å². The van der Waals surface area contributed by atoms with Crippen LogP contribution in [0.5, 0.6) is 5.88 Å². The Morgan fingerprint density at radius 2 is 1.48 bits per heavy atom. The fraction of sp³-hybridized carbons (Fsp3) is 0.500. The van der Waals surface area contributed by atoms with Crippen LogP contribution in [0, 0.1) is 0 Å². The molecule has 0 aromatic carbocycles. The lowest BCUT2D eigenvalue weighted by atomic mass is 10.2. The van der Waals surface area contributed by atoms with Crippen molar-refractivity contribution in [2.75, 3.05) is 43.1 Å². The summed E-state index contributed by atoms with van der Waals surface area (Å²) < 4.78 is 5.17. The third-order valence-corrected chi connectivity index (χ3v) is 4.43. The SMILES string of the molecule is COc1cc(N2CCN(c3cc(C4CC4)ncn3)CC2)ncn1. The van der Waals surface area contributed by atoms with E-state index in [9.17, 15) is 0 Å². The summed E-state index contributed by atoms with van der Waals surface area (Å²) in [6, 6.07) is 4.03. The first kappa shape index (κ1) is 14.2. The molecule has 0 radical (unpaired) electrons. The number of ether oxygens (including phenoxy) is 1. The Kier molecular flexibility index (Phi) is 3.69. The highest BCUT2D eigenvalue weighted by atomic mass is 16.5. The van der Waals surface area contributed by atoms with E-state index in [1.807, 2.05) is 6.07 Å². The first-order valence-electron chi connectivity index (χ1n) is 8.01. The van der Waals surface area contributed by atoms with Crippen LogP contribution in [0.2, 0.25) is 0 Å². The molecule has 4 rings (SSSR count). The highest BCUT2D eigenvalue weighted by molar-refractivity contribution is 5.46. The Bertz CT molecular complexity index is 682. The van der Waals surface area contributed by atoms with Crippen LogP contribution in [0.4, 0.5) is 11.6 Å². The van der Waals surface area contributed by atoms with Gasteiger partial charge in [0.25, 0.3) is 0 Å². The fourth-order valence-corrected chi connectivity index (χ4v) is 2.92. The zero-order valence-corrected chi connectivity index (χ0v) is 13.2. The van der Waals surface area contributed by atoms with E-state index in [0.29, 0.717) is 11.8 Å². The van der Waals surface area contributed by atoms with Gasteiger partial charge in [-0.2, -0.15) is 0 Å². The lowest BCUT2D eigenvalue weighted by molar-refractivity contribution is 0.396. The predicted octanol–water partition coefficient (Wildman–Crippen LogP) is 1.48. The van der Waals surface area contributed by atoms with E-state index in [-0.39, 0.29) is 0 Å². The Hall–Kier alpha value is -2.44. The summed E-state index contributed by atoms with van der Waals surface area (Å²) in [6.07, 6.45) is 5.77. The average Bonchev–Trinajstić information content (AvgIpc) is 3.47. The van der Waals surface area contributed by atoms with Crippen molar-refractivity contribution in [1.29, 1.82) is 0 Å². The van der Waals surface area contributed by atoms with E-state index in [4.69, 9.17) is 4.74 Å². The number of hydrogen-bond acceptors (Lipinski definition) is 7. The van der Waals surface area contributed by atoms with Gasteiger partial charge >= 0.3 is 0 Å². The molecule has 0 atom stereocenters. The maximum Gasteiger partial charge on any atom is 0.218 e. The van der Waals surface area contributed by atoms with Crippen molar-refractivity contribution in [3.63, 3.8) is 0 Å². The van der Waals surface area contributed by atoms with Crippen LogP contribution in [0.25, 0.3) is 0 Å². The minimum Gasteiger partial charge on any atom is -0.481 e. The summed E-state index contributed by atoms with van der Waals surface area (Å²) in [5.74, 6) is 3.22. The Morgan fingerprint density at radius 3 is 2.09 bits per heavy atom. The van der Waals surface area contributed by atoms with Crippen LogP contribution < -0.4 is 14.5 Å². The van der Waals surface area contributed by atoms with Gasteiger partial charge in [0.2, 0.25) is 5.88 Å². The average molecular weight is 312 g/mol. The largest absolute Gasteiger partial charge is 0.481 e. The minimum atomic E-state index is 0.599. The number of hydrogen-bond donors (Lipinski definition) is 0. The highest BCUT2D eigenvalue weighted by Crippen LogP contribution is 2.39. The molecule has 2 fully saturated rings. The zero-order chi connectivity index (χ0) is 15.6. The molecule has 23 heavy (non-hydrogen) atoms. The van der Waals surface area contributed by atoms with E-state index >= 15 is 0 Å². The Labute approximate surface area is 135 Å². The normalized spacial score (nSPS) is 18.1. The maximum atomic E-state index is 5.17. The number of anilines is 2. The second-order valence-corrected chi connectivity index (χ2v) is 5.97. The molecule has 7 heteroatoms. The number of piperazine rings is 1. The molecule has 1 saturated carbocycles. The monoisotopic (exact) mass is 312 g/mol. The second-order valence-electron chi connectivity index (χ2n) is 5.97. The first-order chi connectivity index (χ1) is 11.3. The van der Waals surface area contributed by atoms with Crippen molar-refractivity contribution in [1.82, 2.24) is 19.9 Å². The van der Waals surface area contributed by atoms with Gasteiger partial charge in [0, 0.05) is 49.9 Å². The lowest BCUT2D eigenvalue weighted by Gasteiger charge is -2.36. The number of rotatable bonds is 4. The highest BCUT2D eigenvalue weighted by Gasteiger charge is 2.26. The van der Waals surface area contributed by atoms with E-state index in [2.05, 4.69) is 35.8 Å². The lowest BCUT2D eigenvalue weighted by Crippen LogP contribution is -2.47. The van der Waals surface area contributed by atoms with Crippen LogP contribution in [-0.4, -0.2) is 53.2 Å². The van der Waals surface area contributed by atoms with Gasteiger partial charge in [-0.05, 0) is 12.8 Å². The molecule has 2 aromatic rings. The molecule has 1 saturated heterocycles. The number of methoxy groups -OCH3 is 1. The molecule has 0 N–H and O–H groups in total. The molecular formula is C16H20N6O. The molecule has 2 aliphatic rings. The van der Waals surface area contributed by atoms with Crippen molar-refractivity contribution in [3.8, 4) is 5.88 Å². The fourth-order valence-electron chi connectivity index (χ4n) is 2.92. The Balaban J connectivity index is 1.43. The maximum absolute atomic E-state index is 5.17. The van der Waals surface area contributed by atoms with Crippen molar-refractivity contribution in [2.24, 2.45) is 0 Å². The standard InChI is InChI=1S/C16H20N6O/c1-23-16-9-15(19-11-20-16)22-6-4-21(5-7-22)14-8-13(12-2-3-12)17-10-18-14/h8-12H,2-7H2,1H3. The minimum absolute atomic E-state index is 0.599. The van der Waals surface area contributed by atoms with E-state index in [1.165, 1.54) is 18.5 Å². The molecule has 0 unspecified atom stereocenters. The topological polar surface area (TPSA) is 67.3 Å². The number of aromatic nitrogens is 4. The second kappa shape index (κ2) is 5.98. The van der Waals surface area contributed by atoms with Gasteiger partial charge in [-0.1, -0.05) is 0 Å². The molecule has 3 heterocycles. The van der Waals surface area contributed by atoms with E-state index < -0.39 is 0 Å². The van der Waals surface area contributed by atoms with Gasteiger partial charge in [-0.3, -0.25) is 0 Å². The molecular weight excluding hydrogens is 292 g/mol. The summed E-state index contributed by atoms with van der Waals surface area (Å²) in [4.78, 5) is 21.8. The summed E-state index contributed by atoms with van der Waals surface area (Å²) >= 11 is 0. The first-order valence-corrected chi connectivity index (χ1v) is 8.01. The smallest absolute Gasteiger partial charge is 0.218 e. The zero-order valence-electron chi connectivity index (χ0n) is 13.2. The van der Waals surface area contributed by atoms with Crippen LogP contribution >= 0.6 is 0 Å². The Morgan fingerprint density at radius 1 is 0.870 bits per heavy atom. The third kappa shape index (κ3) is 3.04. The van der Waals surface area contributed by atoms with Crippen molar-refractivity contribution >= 4 is 11.6 Å². The molecule has 0 bridgehead atoms. The van der Waals surface area contributed by atoms with Crippen molar-refractivity contribution < 1.29 is 4.74 Å². The summed E-state index contributed by atoms with van der Waals surface area (Å²) in [7, 11) is 1.62. The molecule has 1 aliphatic carbocycles. The van der Waals surface area contributed by atoms with Gasteiger partial charge in [0.15, 0.2) is 0 Å². The van der Waals surface area contributed by atoms with Gasteiger partial charge in [-0.25, -0.2) is 19.9 Å². The van der Waals surface area contributed by atoms with Crippen LogP contribution in [0.1, 0.15) is 24.5 Å². The van der Waals surface area contributed by atoms with E-state index in [0.717, 1.165) is 37.8 Å².